The molecule has 472 valence electrons. The maximum absolute atomic E-state index is 13.1. The summed E-state index contributed by atoms with van der Waals surface area (Å²) in [7, 11) is 0. The second kappa shape index (κ2) is 60.5. The van der Waals surface area contributed by atoms with E-state index in [4.69, 9.17) is 9.47 Å². The minimum Gasteiger partial charge on any atom is -0.394 e. The fraction of sp³-hybridized carbons (Fsp3) is 0.901. The van der Waals surface area contributed by atoms with Gasteiger partial charge in [0.2, 0.25) is 5.91 Å². The lowest BCUT2D eigenvalue weighted by Gasteiger charge is -2.40. The van der Waals surface area contributed by atoms with Crippen LogP contribution in [0.25, 0.3) is 0 Å². The van der Waals surface area contributed by atoms with Crippen LogP contribution in [0.1, 0.15) is 354 Å². The highest BCUT2D eigenvalue weighted by Crippen LogP contribution is 2.23. The molecule has 7 unspecified atom stereocenters. The van der Waals surface area contributed by atoms with E-state index in [0.717, 1.165) is 38.5 Å². The number of ether oxygens (including phenoxy) is 2. The van der Waals surface area contributed by atoms with Gasteiger partial charge in [-0.1, -0.05) is 326 Å². The molecule has 1 rings (SSSR count). The van der Waals surface area contributed by atoms with Crippen LogP contribution in [0, 0.1) is 0 Å². The van der Waals surface area contributed by atoms with Crippen molar-refractivity contribution in [3.63, 3.8) is 0 Å². The summed E-state index contributed by atoms with van der Waals surface area (Å²) in [5.74, 6) is -0.180. The molecule has 6 N–H and O–H groups in total. The number of allylic oxidation sites excluding steroid dienone is 5. The average molecular weight is 1130 g/mol. The average Bonchev–Trinajstić information content (AvgIpc) is 3.46. The Morgan fingerprint density at radius 2 is 0.713 bits per heavy atom. The van der Waals surface area contributed by atoms with E-state index in [-0.39, 0.29) is 12.5 Å². The van der Waals surface area contributed by atoms with E-state index in [1.165, 1.54) is 295 Å². The fourth-order valence-electron chi connectivity index (χ4n) is 11.4. The van der Waals surface area contributed by atoms with Crippen molar-refractivity contribution in [2.75, 3.05) is 13.2 Å². The molecule has 0 spiro atoms. The molecule has 0 aromatic rings. The predicted molar refractivity (Wildman–Crippen MR) is 341 cm³/mol. The number of carbonyl (C=O) groups excluding carboxylic acids is 1. The molecule has 9 heteroatoms. The minimum absolute atomic E-state index is 0.180. The van der Waals surface area contributed by atoms with Crippen LogP contribution in [-0.4, -0.2) is 87.5 Å². The lowest BCUT2D eigenvalue weighted by atomic mass is 9.99. The first-order valence-corrected chi connectivity index (χ1v) is 35.2. The zero-order valence-electron chi connectivity index (χ0n) is 52.9. The van der Waals surface area contributed by atoms with Gasteiger partial charge in [0.1, 0.15) is 24.4 Å². The number of unbranched alkanes of at least 4 members (excludes halogenated alkanes) is 48. The van der Waals surface area contributed by atoms with Crippen LogP contribution in [0.15, 0.2) is 36.5 Å². The number of aliphatic hydroxyl groups is 5. The van der Waals surface area contributed by atoms with Gasteiger partial charge < -0.3 is 40.3 Å². The fourth-order valence-corrected chi connectivity index (χ4v) is 11.4. The first-order chi connectivity index (χ1) is 39.3. The second-order valence-corrected chi connectivity index (χ2v) is 24.7. The summed E-state index contributed by atoms with van der Waals surface area (Å²) in [6.07, 6.45) is 74.0. The molecule has 1 amide bonds. The molecule has 0 saturated carbocycles. The number of hydrogen-bond acceptors (Lipinski definition) is 8. The van der Waals surface area contributed by atoms with Crippen molar-refractivity contribution in [1.82, 2.24) is 5.32 Å². The summed E-state index contributed by atoms with van der Waals surface area (Å²) < 4.78 is 11.3. The molecular formula is C71H135NO8. The van der Waals surface area contributed by atoms with Crippen LogP contribution < -0.4 is 5.32 Å². The summed E-state index contributed by atoms with van der Waals surface area (Å²) in [5.41, 5.74) is 0. The van der Waals surface area contributed by atoms with Crippen molar-refractivity contribution < 1.29 is 39.8 Å². The smallest absolute Gasteiger partial charge is 0.220 e. The monoisotopic (exact) mass is 1130 g/mol. The van der Waals surface area contributed by atoms with Crippen LogP contribution in [0.5, 0.6) is 0 Å². The van der Waals surface area contributed by atoms with E-state index < -0.39 is 49.5 Å². The van der Waals surface area contributed by atoms with Gasteiger partial charge >= 0.3 is 0 Å². The van der Waals surface area contributed by atoms with Gasteiger partial charge in [0.25, 0.3) is 0 Å². The third-order valence-electron chi connectivity index (χ3n) is 16.9. The third kappa shape index (κ3) is 48.7. The van der Waals surface area contributed by atoms with Gasteiger partial charge in [0.05, 0.1) is 25.4 Å². The van der Waals surface area contributed by atoms with Crippen LogP contribution in [0.4, 0.5) is 0 Å². The van der Waals surface area contributed by atoms with Gasteiger partial charge in [-0.2, -0.15) is 0 Å². The number of carbonyl (C=O) groups is 1. The summed E-state index contributed by atoms with van der Waals surface area (Å²) in [4.78, 5) is 13.1. The highest BCUT2D eigenvalue weighted by Gasteiger charge is 2.44. The molecule has 0 aliphatic carbocycles. The molecule has 0 radical (unpaired) electrons. The van der Waals surface area contributed by atoms with E-state index in [1.807, 2.05) is 6.08 Å². The van der Waals surface area contributed by atoms with Gasteiger partial charge in [-0.25, -0.2) is 0 Å². The van der Waals surface area contributed by atoms with Crippen LogP contribution in [0.3, 0.4) is 0 Å². The molecule has 1 aliphatic rings. The third-order valence-corrected chi connectivity index (χ3v) is 16.9. The molecule has 1 fully saturated rings. The highest BCUT2D eigenvalue weighted by molar-refractivity contribution is 5.76. The molecule has 0 aromatic carbocycles. The van der Waals surface area contributed by atoms with Gasteiger partial charge in [0.15, 0.2) is 6.29 Å². The lowest BCUT2D eigenvalue weighted by molar-refractivity contribution is -0.302. The second-order valence-electron chi connectivity index (χ2n) is 24.7. The molecular weight excluding hydrogens is 995 g/mol. The Morgan fingerprint density at radius 3 is 1.05 bits per heavy atom. The van der Waals surface area contributed by atoms with E-state index in [9.17, 15) is 30.3 Å². The van der Waals surface area contributed by atoms with Gasteiger partial charge in [-0.3, -0.25) is 4.79 Å². The Labute approximate surface area is 495 Å². The van der Waals surface area contributed by atoms with Crippen molar-refractivity contribution in [3.05, 3.63) is 36.5 Å². The first-order valence-electron chi connectivity index (χ1n) is 35.2. The zero-order chi connectivity index (χ0) is 57.9. The van der Waals surface area contributed by atoms with Crippen molar-refractivity contribution >= 4 is 5.91 Å². The number of rotatable bonds is 62. The van der Waals surface area contributed by atoms with Crippen LogP contribution in [0.2, 0.25) is 0 Å². The topological polar surface area (TPSA) is 149 Å². The Bertz CT molecular complexity index is 1360. The quantitative estimate of drug-likeness (QED) is 0.0261. The molecule has 1 saturated heterocycles. The predicted octanol–water partition coefficient (Wildman–Crippen LogP) is 19.0. The molecule has 80 heavy (non-hydrogen) atoms. The zero-order valence-corrected chi connectivity index (χ0v) is 52.9. The van der Waals surface area contributed by atoms with Gasteiger partial charge in [-0.15, -0.1) is 0 Å². The summed E-state index contributed by atoms with van der Waals surface area (Å²) in [6.45, 7) is 3.82. The Morgan fingerprint density at radius 1 is 0.412 bits per heavy atom. The normalized spacial score (nSPS) is 18.6. The Hall–Kier alpha value is -1.59. The number of aliphatic hydroxyl groups excluding tert-OH is 5. The number of amides is 1. The molecule has 0 aromatic heterocycles. The van der Waals surface area contributed by atoms with E-state index in [2.05, 4.69) is 43.5 Å². The standard InChI is InChI=1S/C71H135NO8/c1-3-5-7-9-11-13-15-17-19-21-23-25-27-29-30-31-32-33-34-35-37-39-41-43-45-47-49-51-53-55-57-59-61-67(75)72-64(63-79-71-70(78)69(77)68(76)66(62-73)80-71)65(74)60-58-56-54-52-50-48-46-44-42-40-38-36-28-26-24-22-20-18-16-14-12-10-8-6-4-2/h29-30,50,52,58,60,64-66,68-71,73-74,76-78H,3-28,31-49,51,53-57,59,61-63H2,1-2H3,(H,72,75)/b30-29-,52-50+,60-58+. The van der Waals surface area contributed by atoms with Crippen molar-refractivity contribution in [2.45, 2.75) is 397 Å². The summed E-state index contributed by atoms with van der Waals surface area (Å²) in [5, 5.41) is 54.7. The SMILES string of the molecule is CCCCCCCCCCCCCC/C=C\CCCCCCCCCCCCCCCCCCC(=O)NC(COC1OC(CO)C(O)C(O)C1O)C(O)/C=C/CC/C=C/CCCCCCCCCCCCCCCCCCCCC. The van der Waals surface area contributed by atoms with Crippen molar-refractivity contribution in [1.29, 1.82) is 0 Å². The largest absolute Gasteiger partial charge is 0.394 e. The maximum atomic E-state index is 13.1. The van der Waals surface area contributed by atoms with E-state index in [0.29, 0.717) is 6.42 Å². The highest BCUT2D eigenvalue weighted by atomic mass is 16.7. The van der Waals surface area contributed by atoms with Crippen LogP contribution in [-0.2, 0) is 14.3 Å². The summed E-state index contributed by atoms with van der Waals surface area (Å²) in [6, 6.07) is -0.822. The molecule has 7 atom stereocenters. The maximum Gasteiger partial charge on any atom is 0.220 e. The Kier molecular flexibility index (Phi) is 57.8. The number of hydrogen-bond donors (Lipinski definition) is 6. The van der Waals surface area contributed by atoms with Gasteiger partial charge in [-0.05, 0) is 57.8 Å². The van der Waals surface area contributed by atoms with Crippen LogP contribution >= 0.6 is 0 Å². The van der Waals surface area contributed by atoms with Crippen molar-refractivity contribution in [3.8, 4) is 0 Å². The lowest BCUT2D eigenvalue weighted by Crippen LogP contribution is -2.60. The van der Waals surface area contributed by atoms with Crippen molar-refractivity contribution in [2.24, 2.45) is 0 Å². The minimum atomic E-state index is -1.57. The summed E-state index contributed by atoms with van der Waals surface area (Å²) >= 11 is 0. The molecule has 1 heterocycles. The van der Waals surface area contributed by atoms with E-state index in [1.54, 1.807) is 6.08 Å². The Balaban J connectivity index is 2.13. The van der Waals surface area contributed by atoms with E-state index >= 15 is 0 Å². The molecule has 9 nitrogen and oxygen atoms in total. The molecule has 0 bridgehead atoms. The number of nitrogens with one attached hydrogen (secondary N) is 1. The van der Waals surface area contributed by atoms with Gasteiger partial charge in [0, 0.05) is 6.42 Å². The first kappa shape index (κ1) is 76.4. The molecule has 1 aliphatic heterocycles.